The molecule has 1 aromatic rings. The van der Waals surface area contributed by atoms with Gasteiger partial charge in [0.15, 0.2) is 0 Å². The predicted octanol–water partition coefficient (Wildman–Crippen LogP) is 1.44. The van der Waals surface area contributed by atoms with Gasteiger partial charge in [0.1, 0.15) is 0 Å². The van der Waals surface area contributed by atoms with Gasteiger partial charge in [-0.25, -0.2) is 4.98 Å². The van der Waals surface area contributed by atoms with Gasteiger partial charge in [-0.1, -0.05) is 0 Å². The number of aryl methyl sites for hydroxylation is 1. The van der Waals surface area contributed by atoms with E-state index in [-0.39, 0.29) is 0 Å². The average molecular weight is 152 g/mol. The van der Waals surface area contributed by atoms with Gasteiger partial charge < -0.3 is 10.1 Å². The van der Waals surface area contributed by atoms with Gasteiger partial charge in [0.05, 0.1) is 19.0 Å². The van der Waals surface area contributed by atoms with Gasteiger partial charge in [-0.15, -0.1) is 0 Å². The summed E-state index contributed by atoms with van der Waals surface area (Å²) in [7, 11) is 3.48. The Kier molecular flexibility index (Phi) is 2.31. The zero-order chi connectivity index (χ0) is 8.27. The van der Waals surface area contributed by atoms with Crippen LogP contribution in [0.1, 0.15) is 5.56 Å². The van der Waals surface area contributed by atoms with Crippen molar-refractivity contribution >= 4 is 5.69 Å². The molecule has 0 spiro atoms. The first kappa shape index (κ1) is 7.85. The summed E-state index contributed by atoms with van der Waals surface area (Å²) in [6.45, 7) is 2.01. The van der Waals surface area contributed by atoms with E-state index in [4.69, 9.17) is 4.74 Å². The number of nitrogens with one attached hydrogen (secondary N) is 1. The maximum atomic E-state index is 4.96. The summed E-state index contributed by atoms with van der Waals surface area (Å²) in [6.07, 6.45) is 1.76. The molecular formula is C8H12N2O. The fraction of sp³-hybridized carbons (Fsp3) is 0.375. The lowest BCUT2D eigenvalue weighted by molar-refractivity contribution is 0.397. The van der Waals surface area contributed by atoms with Crippen LogP contribution in [0.3, 0.4) is 0 Å². The lowest BCUT2D eigenvalue weighted by atomic mass is 10.2. The minimum Gasteiger partial charge on any atom is -0.481 e. The monoisotopic (exact) mass is 152 g/mol. The second-order valence-electron chi connectivity index (χ2n) is 2.29. The number of rotatable bonds is 2. The van der Waals surface area contributed by atoms with Crippen molar-refractivity contribution in [2.24, 2.45) is 0 Å². The Bertz CT molecular complexity index is 248. The smallest absolute Gasteiger partial charge is 0.213 e. The molecule has 1 heterocycles. The van der Waals surface area contributed by atoms with Crippen molar-refractivity contribution in [2.45, 2.75) is 6.92 Å². The van der Waals surface area contributed by atoms with Gasteiger partial charge in [0.25, 0.3) is 0 Å². The molecule has 0 saturated heterocycles. The highest BCUT2D eigenvalue weighted by Gasteiger charge is 1.97. The molecule has 0 unspecified atom stereocenters. The highest BCUT2D eigenvalue weighted by Crippen LogP contribution is 2.16. The van der Waals surface area contributed by atoms with Crippen LogP contribution in [0.5, 0.6) is 5.88 Å². The van der Waals surface area contributed by atoms with Crippen LogP contribution in [-0.2, 0) is 0 Å². The summed E-state index contributed by atoms with van der Waals surface area (Å²) in [5.74, 6) is 0.654. The first-order chi connectivity index (χ1) is 5.27. The summed E-state index contributed by atoms with van der Waals surface area (Å²) in [5.41, 5.74) is 2.17. The standard InChI is InChI=1S/C8H12N2O/c1-6-4-8(11-3)10-5-7(6)9-2/h4-5,9H,1-3H3. The number of aromatic nitrogens is 1. The highest BCUT2D eigenvalue weighted by molar-refractivity contribution is 5.49. The van der Waals surface area contributed by atoms with Gasteiger partial charge in [-0.3, -0.25) is 0 Å². The first-order valence-electron chi connectivity index (χ1n) is 3.46. The molecule has 3 heteroatoms. The van der Waals surface area contributed by atoms with Crippen molar-refractivity contribution < 1.29 is 4.74 Å². The van der Waals surface area contributed by atoms with Crippen LogP contribution in [0, 0.1) is 6.92 Å². The molecule has 1 N–H and O–H groups in total. The van der Waals surface area contributed by atoms with Crippen LogP contribution in [0.25, 0.3) is 0 Å². The van der Waals surface area contributed by atoms with Crippen LogP contribution in [0.15, 0.2) is 12.3 Å². The number of hydrogen-bond acceptors (Lipinski definition) is 3. The highest BCUT2D eigenvalue weighted by atomic mass is 16.5. The molecule has 0 fully saturated rings. The SMILES string of the molecule is CNc1cnc(OC)cc1C. The Hall–Kier alpha value is -1.25. The average Bonchev–Trinajstić information content (AvgIpc) is 2.04. The molecule has 11 heavy (non-hydrogen) atoms. The van der Waals surface area contributed by atoms with Crippen molar-refractivity contribution in [1.29, 1.82) is 0 Å². The zero-order valence-corrected chi connectivity index (χ0v) is 7.01. The zero-order valence-electron chi connectivity index (χ0n) is 7.01. The van der Waals surface area contributed by atoms with E-state index in [0.717, 1.165) is 11.3 Å². The third-order valence-corrected chi connectivity index (χ3v) is 1.56. The largest absolute Gasteiger partial charge is 0.481 e. The number of nitrogens with zero attached hydrogens (tertiary/aromatic N) is 1. The lowest BCUT2D eigenvalue weighted by Crippen LogP contribution is -1.94. The van der Waals surface area contributed by atoms with E-state index in [1.54, 1.807) is 13.3 Å². The summed E-state index contributed by atoms with van der Waals surface area (Å²) in [4.78, 5) is 4.04. The Morgan fingerprint density at radius 3 is 2.73 bits per heavy atom. The molecule has 0 aliphatic heterocycles. The fourth-order valence-corrected chi connectivity index (χ4v) is 0.904. The Morgan fingerprint density at radius 1 is 1.55 bits per heavy atom. The normalized spacial score (nSPS) is 9.36. The molecular weight excluding hydrogens is 140 g/mol. The molecule has 1 aromatic heterocycles. The summed E-state index contributed by atoms with van der Waals surface area (Å²) >= 11 is 0. The van der Waals surface area contributed by atoms with Crippen LogP contribution >= 0.6 is 0 Å². The predicted molar refractivity (Wildman–Crippen MR) is 45.1 cm³/mol. The number of methoxy groups -OCH3 is 1. The maximum Gasteiger partial charge on any atom is 0.213 e. The Balaban J connectivity index is 2.99. The maximum absolute atomic E-state index is 4.96. The van der Waals surface area contributed by atoms with Crippen LogP contribution in [0.4, 0.5) is 5.69 Å². The van der Waals surface area contributed by atoms with Crippen LogP contribution in [-0.4, -0.2) is 19.1 Å². The minimum absolute atomic E-state index is 0.654. The molecule has 3 nitrogen and oxygen atoms in total. The number of pyridine rings is 1. The van der Waals surface area contributed by atoms with Crippen LogP contribution < -0.4 is 10.1 Å². The van der Waals surface area contributed by atoms with E-state index in [2.05, 4.69) is 10.3 Å². The summed E-state index contributed by atoms with van der Waals surface area (Å²) in [6, 6.07) is 1.89. The topological polar surface area (TPSA) is 34.2 Å². The molecule has 0 aromatic carbocycles. The van der Waals surface area contributed by atoms with Crippen molar-refractivity contribution in [3.63, 3.8) is 0 Å². The molecule has 0 amide bonds. The van der Waals surface area contributed by atoms with Gasteiger partial charge in [0, 0.05) is 13.1 Å². The van der Waals surface area contributed by atoms with Crippen molar-refractivity contribution in [1.82, 2.24) is 4.98 Å². The lowest BCUT2D eigenvalue weighted by Gasteiger charge is -2.05. The minimum atomic E-state index is 0.654. The van der Waals surface area contributed by atoms with Gasteiger partial charge in [-0.2, -0.15) is 0 Å². The number of hydrogen-bond donors (Lipinski definition) is 1. The van der Waals surface area contributed by atoms with E-state index in [9.17, 15) is 0 Å². The summed E-state index contributed by atoms with van der Waals surface area (Å²) in [5, 5.41) is 3.03. The van der Waals surface area contributed by atoms with Gasteiger partial charge >= 0.3 is 0 Å². The third-order valence-electron chi connectivity index (χ3n) is 1.56. The van der Waals surface area contributed by atoms with Crippen molar-refractivity contribution in [2.75, 3.05) is 19.5 Å². The second-order valence-corrected chi connectivity index (χ2v) is 2.29. The van der Waals surface area contributed by atoms with Crippen molar-refractivity contribution in [3.05, 3.63) is 17.8 Å². The van der Waals surface area contributed by atoms with Gasteiger partial charge in [0.2, 0.25) is 5.88 Å². The molecule has 0 aliphatic carbocycles. The van der Waals surface area contributed by atoms with E-state index in [1.807, 2.05) is 20.0 Å². The Labute approximate surface area is 66.4 Å². The Morgan fingerprint density at radius 2 is 2.27 bits per heavy atom. The molecule has 0 radical (unpaired) electrons. The van der Waals surface area contributed by atoms with Gasteiger partial charge in [-0.05, 0) is 12.5 Å². The van der Waals surface area contributed by atoms with E-state index >= 15 is 0 Å². The molecule has 60 valence electrons. The van der Waals surface area contributed by atoms with E-state index in [1.165, 1.54) is 0 Å². The first-order valence-corrected chi connectivity index (χ1v) is 3.46. The van der Waals surface area contributed by atoms with E-state index < -0.39 is 0 Å². The molecule has 0 aliphatic rings. The summed E-state index contributed by atoms with van der Waals surface area (Å²) < 4.78 is 4.96. The number of ether oxygens (including phenoxy) is 1. The van der Waals surface area contributed by atoms with E-state index in [0.29, 0.717) is 5.88 Å². The van der Waals surface area contributed by atoms with Crippen LogP contribution in [0.2, 0.25) is 0 Å². The van der Waals surface area contributed by atoms with Crippen molar-refractivity contribution in [3.8, 4) is 5.88 Å². The molecule has 1 rings (SSSR count). The molecule has 0 atom stereocenters. The second kappa shape index (κ2) is 3.23. The quantitative estimate of drug-likeness (QED) is 0.696. The molecule has 0 saturated carbocycles. The molecule has 0 bridgehead atoms. The number of anilines is 1. The fourth-order valence-electron chi connectivity index (χ4n) is 0.904. The third kappa shape index (κ3) is 1.61.